The number of amides is 1. The molecular formula is C18H16FN3O2. The molecule has 3 rings (SSSR count). The zero-order valence-corrected chi connectivity index (χ0v) is 13.3. The number of rotatable bonds is 4. The fraction of sp³-hybridized carbons (Fsp3) is 0.167. The minimum Gasteiger partial charge on any atom is -0.354 e. The van der Waals surface area contributed by atoms with Gasteiger partial charge in [0, 0.05) is 30.6 Å². The van der Waals surface area contributed by atoms with Crippen molar-refractivity contribution in [1.29, 1.82) is 0 Å². The van der Waals surface area contributed by atoms with Gasteiger partial charge in [-0.3, -0.25) is 9.59 Å². The van der Waals surface area contributed by atoms with Crippen molar-refractivity contribution in [3.05, 3.63) is 53.6 Å². The van der Waals surface area contributed by atoms with Gasteiger partial charge in [-0.25, -0.2) is 9.37 Å². The van der Waals surface area contributed by atoms with Gasteiger partial charge in [0.2, 0.25) is 0 Å². The summed E-state index contributed by atoms with van der Waals surface area (Å²) in [5, 5.41) is 3.31. The minimum atomic E-state index is -0.414. The van der Waals surface area contributed by atoms with E-state index in [2.05, 4.69) is 15.3 Å². The Balaban J connectivity index is 1.98. The summed E-state index contributed by atoms with van der Waals surface area (Å²) in [5.41, 5.74) is 2.78. The summed E-state index contributed by atoms with van der Waals surface area (Å²) < 4.78 is 14.1. The van der Waals surface area contributed by atoms with Gasteiger partial charge in [-0.1, -0.05) is 12.1 Å². The number of nitrogens with zero attached hydrogens (tertiary/aromatic N) is 1. The van der Waals surface area contributed by atoms with Crippen molar-refractivity contribution in [2.24, 2.45) is 0 Å². The van der Waals surface area contributed by atoms with Crippen LogP contribution in [-0.2, 0) is 11.2 Å². The van der Waals surface area contributed by atoms with Gasteiger partial charge in [0.05, 0.1) is 0 Å². The lowest BCUT2D eigenvalue weighted by Crippen LogP contribution is -2.17. The van der Waals surface area contributed by atoms with Crippen LogP contribution in [0.4, 0.5) is 4.39 Å². The third-order valence-corrected chi connectivity index (χ3v) is 3.77. The largest absolute Gasteiger partial charge is 0.354 e. The van der Waals surface area contributed by atoms with Crippen LogP contribution in [0.15, 0.2) is 36.5 Å². The molecule has 2 heterocycles. The first-order chi connectivity index (χ1) is 11.5. The lowest BCUT2D eigenvalue weighted by atomic mass is 10.0. The average molecular weight is 325 g/mol. The number of pyridine rings is 1. The quantitative estimate of drug-likeness (QED) is 0.774. The number of Topliss-reactive ketones (excluding diaryl/α,β-unsaturated/α-hetero) is 1. The lowest BCUT2D eigenvalue weighted by Gasteiger charge is -2.05. The predicted octanol–water partition coefficient (Wildman–Crippen LogP) is 2.86. The number of aromatic amines is 1. The molecule has 0 atom stereocenters. The molecule has 5 nitrogen and oxygen atoms in total. The molecule has 1 aromatic carbocycles. The topological polar surface area (TPSA) is 74.8 Å². The van der Waals surface area contributed by atoms with Crippen molar-refractivity contribution < 1.29 is 14.0 Å². The normalized spacial score (nSPS) is 10.8. The Bertz CT molecular complexity index is 947. The van der Waals surface area contributed by atoms with Crippen LogP contribution in [0.25, 0.3) is 22.2 Å². The van der Waals surface area contributed by atoms with E-state index in [1.165, 1.54) is 13.0 Å². The van der Waals surface area contributed by atoms with Crippen LogP contribution in [-0.4, -0.2) is 28.7 Å². The molecule has 0 spiro atoms. The molecule has 0 aliphatic heterocycles. The molecule has 24 heavy (non-hydrogen) atoms. The van der Waals surface area contributed by atoms with Crippen LogP contribution in [0, 0.1) is 5.82 Å². The van der Waals surface area contributed by atoms with Gasteiger partial charge in [-0.05, 0) is 36.2 Å². The van der Waals surface area contributed by atoms with E-state index in [1.54, 1.807) is 31.4 Å². The fourth-order valence-electron chi connectivity index (χ4n) is 2.57. The summed E-state index contributed by atoms with van der Waals surface area (Å²) in [6.07, 6.45) is 1.70. The number of ketones is 1. The highest BCUT2D eigenvalue weighted by atomic mass is 19.1. The molecule has 1 amide bonds. The summed E-state index contributed by atoms with van der Waals surface area (Å²) in [7, 11) is 1.55. The van der Waals surface area contributed by atoms with Crippen molar-refractivity contribution in [3.8, 4) is 11.1 Å². The minimum absolute atomic E-state index is 0.0801. The molecule has 0 bridgehead atoms. The van der Waals surface area contributed by atoms with Crippen molar-refractivity contribution in [1.82, 2.24) is 15.3 Å². The van der Waals surface area contributed by atoms with Crippen molar-refractivity contribution in [2.75, 3.05) is 7.05 Å². The third kappa shape index (κ3) is 3.03. The molecule has 0 saturated heterocycles. The van der Waals surface area contributed by atoms with Crippen LogP contribution in [0.3, 0.4) is 0 Å². The molecular weight excluding hydrogens is 309 g/mol. The lowest BCUT2D eigenvalue weighted by molar-refractivity contribution is -0.116. The van der Waals surface area contributed by atoms with Crippen LogP contribution in [0.2, 0.25) is 0 Å². The van der Waals surface area contributed by atoms with Crippen molar-refractivity contribution in [3.63, 3.8) is 0 Å². The maximum atomic E-state index is 14.1. The summed E-state index contributed by atoms with van der Waals surface area (Å²) in [4.78, 5) is 30.0. The first-order valence-electron chi connectivity index (χ1n) is 7.47. The Morgan fingerprint density at radius 1 is 1.21 bits per heavy atom. The van der Waals surface area contributed by atoms with E-state index in [1.807, 2.05) is 6.07 Å². The average Bonchev–Trinajstić information content (AvgIpc) is 2.98. The number of H-pyrrole nitrogens is 1. The van der Waals surface area contributed by atoms with Crippen molar-refractivity contribution in [2.45, 2.75) is 13.3 Å². The van der Waals surface area contributed by atoms with Gasteiger partial charge < -0.3 is 10.3 Å². The third-order valence-electron chi connectivity index (χ3n) is 3.77. The number of carbonyl (C=O) groups excluding carboxylic acids is 2. The molecule has 0 unspecified atom stereocenters. The van der Waals surface area contributed by atoms with E-state index < -0.39 is 5.82 Å². The van der Waals surface area contributed by atoms with Gasteiger partial charge in [0.15, 0.2) is 0 Å². The summed E-state index contributed by atoms with van der Waals surface area (Å²) >= 11 is 0. The smallest absolute Gasteiger partial charge is 0.267 e. The number of aromatic nitrogens is 2. The molecule has 0 radical (unpaired) electrons. The molecule has 0 saturated carbocycles. The Morgan fingerprint density at radius 3 is 2.67 bits per heavy atom. The number of hydrogen-bond donors (Lipinski definition) is 2. The molecule has 0 aliphatic rings. The zero-order chi connectivity index (χ0) is 17.3. The van der Waals surface area contributed by atoms with E-state index in [-0.39, 0.29) is 18.1 Å². The van der Waals surface area contributed by atoms with Gasteiger partial charge in [0.1, 0.15) is 22.9 Å². The number of fused-ring (bicyclic) bond motifs is 1. The zero-order valence-electron chi connectivity index (χ0n) is 13.3. The van der Waals surface area contributed by atoms with Crippen LogP contribution >= 0.6 is 0 Å². The number of hydrogen-bond acceptors (Lipinski definition) is 3. The highest BCUT2D eigenvalue weighted by molar-refractivity contribution is 5.97. The Kier molecular flexibility index (Phi) is 4.12. The van der Waals surface area contributed by atoms with E-state index in [4.69, 9.17) is 0 Å². The van der Waals surface area contributed by atoms with Crippen molar-refractivity contribution >= 4 is 22.7 Å². The first-order valence-corrected chi connectivity index (χ1v) is 7.47. The molecule has 3 aromatic rings. The van der Waals surface area contributed by atoms with Gasteiger partial charge in [-0.2, -0.15) is 0 Å². The predicted molar refractivity (Wildman–Crippen MR) is 89.3 cm³/mol. The summed E-state index contributed by atoms with van der Waals surface area (Å²) in [6, 6.07) is 8.31. The van der Waals surface area contributed by atoms with Crippen LogP contribution in [0.5, 0.6) is 0 Å². The fourth-order valence-corrected chi connectivity index (χ4v) is 2.57. The number of nitrogens with one attached hydrogen (secondary N) is 2. The SMILES string of the molecule is CNC(=O)c1cc2cc(-c3ccc(CC(C)=O)c(F)c3)cnc2[nH]1. The highest BCUT2D eigenvalue weighted by Gasteiger charge is 2.11. The Morgan fingerprint density at radius 2 is 2.00 bits per heavy atom. The van der Waals surface area contributed by atoms with Gasteiger partial charge in [-0.15, -0.1) is 0 Å². The van der Waals surface area contributed by atoms with E-state index in [0.29, 0.717) is 22.5 Å². The molecule has 6 heteroatoms. The second kappa shape index (κ2) is 6.23. The maximum absolute atomic E-state index is 14.1. The second-order valence-corrected chi connectivity index (χ2v) is 5.61. The molecule has 122 valence electrons. The number of benzene rings is 1. The molecule has 0 aliphatic carbocycles. The summed E-state index contributed by atoms with van der Waals surface area (Å²) in [5.74, 6) is -0.726. The van der Waals surface area contributed by atoms with Gasteiger partial charge in [0.25, 0.3) is 5.91 Å². The van der Waals surface area contributed by atoms with E-state index in [0.717, 1.165) is 10.9 Å². The number of carbonyl (C=O) groups is 2. The Labute approximate surface area is 137 Å². The maximum Gasteiger partial charge on any atom is 0.267 e. The van der Waals surface area contributed by atoms with Crippen LogP contribution < -0.4 is 5.32 Å². The number of halogens is 1. The van der Waals surface area contributed by atoms with E-state index in [9.17, 15) is 14.0 Å². The molecule has 2 aromatic heterocycles. The highest BCUT2D eigenvalue weighted by Crippen LogP contribution is 2.25. The second-order valence-electron chi connectivity index (χ2n) is 5.61. The first kappa shape index (κ1) is 15.9. The van der Waals surface area contributed by atoms with E-state index >= 15 is 0 Å². The summed E-state index contributed by atoms with van der Waals surface area (Å²) in [6.45, 7) is 1.43. The Hall–Kier alpha value is -3.02. The standard InChI is InChI=1S/C18H16FN3O2/c1-10(23)5-12-4-3-11(7-15(12)19)14-6-13-8-16(18(24)20-2)22-17(13)21-9-14/h3-4,6-9H,5H2,1-2H3,(H,20,24)(H,21,22). The van der Waals surface area contributed by atoms with Crippen LogP contribution in [0.1, 0.15) is 23.0 Å². The molecule has 2 N–H and O–H groups in total. The van der Waals surface area contributed by atoms with Gasteiger partial charge >= 0.3 is 0 Å². The molecule has 0 fully saturated rings. The monoisotopic (exact) mass is 325 g/mol.